The molecule has 84 valence electrons. The molecule has 0 aliphatic heterocycles. The van der Waals surface area contributed by atoms with Crippen LogP contribution < -0.4 is 0 Å². The number of benzene rings is 1. The number of hydrogen-bond donors (Lipinski definition) is 2. The van der Waals surface area contributed by atoms with E-state index in [0.29, 0.717) is 16.9 Å². The highest BCUT2D eigenvalue weighted by Crippen LogP contribution is 2.22. The van der Waals surface area contributed by atoms with Crippen molar-refractivity contribution in [2.75, 3.05) is 0 Å². The number of imidazole rings is 1. The van der Waals surface area contributed by atoms with Crippen LogP contribution >= 0.6 is 0 Å². The normalized spacial score (nSPS) is 10.8. The second-order valence-electron chi connectivity index (χ2n) is 3.60. The first kappa shape index (κ1) is 9.65. The van der Waals surface area contributed by atoms with Crippen LogP contribution in [-0.4, -0.2) is 21.0 Å². The van der Waals surface area contributed by atoms with Crippen LogP contribution in [0, 0.1) is 0 Å². The topological polar surface area (TPSA) is 79.1 Å². The van der Waals surface area contributed by atoms with Gasteiger partial charge in [-0.1, -0.05) is 6.07 Å². The second kappa shape index (κ2) is 3.48. The lowest BCUT2D eigenvalue weighted by Crippen LogP contribution is -1.96. The molecule has 0 aliphatic rings. The number of aromatic amines is 1. The van der Waals surface area contributed by atoms with Crippen molar-refractivity contribution in [3.63, 3.8) is 0 Å². The molecule has 2 heterocycles. The number of para-hydroxylation sites is 1. The summed E-state index contributed by atoms with van der Waals surface area (Å²) in [6.07, 6.45) is 3.10. The first-order valence-corrected chi connectivity index (χ1v) is 5.00. The van der Waals surface area contributed by atoms with E-state index in [0.717, 1.165) is 5.56 Å². The van der Waals surface area contributed by atoms with Crippen molar-refractivity contribution in [3.05, 3.63) is 42.4 Å². The average Bonchev–Trinajstić information content (AvgIpc) is 2.96. The summed E-state index contributed by atoms with van der Waals surface area (Å²) >= 11 is 0. The number of nitrogens with zero attached hydrogens (tertiary/aromatic N) is 1. The Morgan fingerprint density at radius 2 is 2.24 bits per heavy atom. The quantitative estimate of drug-likeness (QED) is 0.706. The molecule has 3 rings (SSSR count). The Balaban J connectivity index is 2.26. The van der Waals surface area contributed by atoms with E-state index in [1.807, 2.05) is 0 Å². The minimum atomic E-state index is -0.985. The zero-order chi connectivity index (χ0) is 11.8. The summed E-state index contributed by atoms with van der Waals surface area (Å²) in [7, 11) is 0. The van der Waals surface area contributed by atoms with Gasteiger partial charge in [-0.15, -0.1) is 0 Å². The minimum absolute atomic E-state index is 0.188. The lowest BCUT2D eigenvalue weighted by molar-refractivity contribution is 0.0699. The molecule has 0 amide bonds. The molecular formula is C12H8N2O3. The molecule has 0 saturated heterocycles. The molecule has 0 bridgehead atoms. The molecule has 2 aromatic heterocycles. The molecular weight excluding hydrogens is 220 g/mol. The number of hydrogen-bond acceptors (Lipinski definition) is 3. The van der Waals surface area contributed by atoms with Crippen LogP contribution in [0.15, 0.2) is 41.2 Å². The third-order valence-electron chi connectivity index (χ3n) is 2.54. The third-order valence-corrected chi connectivity index (χ3v) is 2.54. The number of aromatic nitrogens is 2. The van der Waals surface area contributed by atoms with Crippen molar-refractivity contribution in [2.24, 2.45) is 0 Å². The van der Waals surface area contributed by atoms with Crippen molar-refractivity contribution < 1.29 is 14.3 Å². The first-order valence-electron chi connectivity index (χ1n) is 5.00. The molecule has 0 atom stereocenters. The average molecular weight is 228 g/mol. The highest BCUT2D eigenvalue weighted by Gasteiger charge is 2.13. The largest absolute Gasteiger partial charge is 0.478 e. The fraction of sp³-hybridized carbons (Fsp3) is 0. The monoisotopic (exact) mass is 228 g/mol. The van der Waals surface area contributed by atoms with Gasteiger partial charge in [-0.2, -0.15) is 0 Å². The number of rotatable bonds is 2. The van der Waals surface area contributed by atoms with Gasteiger partial charge in [0.15, 0.2) is 0 Å². The summed E-state index contributed by atoms with van der Waals surface area (Å²) in [6.45, 7) is 0. The number of fused-ring (bicyclic) bond motifs is 1. The van der Waals surface area contributed by atoms with Crippen LogP contribution in [-0.2, 0) is 0 Å². The number of nitrogens with one attached hydrogen (secondary N) is 1. The molecule has 0 unspecified atom stereocenters. The van der Waals surface area contributed by atoms with Gasteiger partial charge in [-0.25, -0.2) is 9.78 Å². The van der Waals surface area contributed by atoms with Crippen LogP contribution in [0.1, 0.15) is 10.4 Å². The van der Waals surface area contributed by atoms with Gasteiger partial charge in [0.05, 0.1) is 22.9 Å². The van der Waals surface area contributed by atoms with Crippen LogP contribution in [0.25, 0.3) is 22.4 Å². The molecule has 0 radical (unpaired) electrons. The van der Waals surface area contributed by atoms with Crippen LogP contribution in [0.2, 0.25) is 0 Å². The van der Waals surface area contributed by atoms with E-state index in [1.54, 1.807) is 30.7 Å². The van der Waals surface area contributed by atoms with Gasteiger partial charge >= 0.3 is 5.97 Å². The van der Waals surface area contributed by atoms with E-state index in [-0.39, 0.29) is 5.56 Å². The van der Waals surface area contributed by atoms with Crippen LogP contribution in [0.3, 0.4) is 0 Å². The van der Waals surface area contributed by atoms with Gasteiger partial charge in [0.2, 0.25) is 0 Å². The molecule has 0 saturated carbocycles. The molecule has 0 aliphatic carbocycles. The third kappa shape index (κ3) is 1.48. The van der Waals surface area contributed by atoms with Gasteiger partial charge in [-0.3, -0.25) is 0 Å². The van der Waals surface area contributed by atoms with Gasteiger partial charge in [-0.05, 0) is 18.2 Å². The number of carboxylic acid groups (broad SMARTS) is 1. The maximum absolute atomic E-state index is 11.0. The number of carboxylic acids is 1. The van der Waals surface area contributed by atoms with E-state index in [1.165, 1.54) is 6.07 Å². The summed E-state index contributed by atoms with van der Waals surface area (Å²) in [6, 6.07) is 6.77. The summed E-state index contributed by atoms with van der Waals surface area (Å²) in [5.41, 5.74) is 2.13. The molecule has 0 fully saturated rings. The van der Waals surface area contributed by atoms with Crippen molar-refractivity contribution in [3.8, 4) is 11.4 Å². The molecule has 5 heteroatoms. The molecule has 1 aromatic carbocycles. The Kier molecular flexibility index (Phi) is 1.98. The first-order chi connectivity index (χ1) is 8.25. The zero-order valence-electron chi connectivity index (χ0n) is 8.68. The second-order valence-corrected chi connectivity index (χ2v) is 3.60. The van der Waals surface area contributed by atoms with Gasteiger partial charge in [0, 0.05) is 0 Å². The standard InChI is InChI=1S/C12H8N2O3/c15-12(16)8-2-1-3-9-10(8)14-11(13-9)7-4-5-17-6-7/h1-6H,(H,13,14)(H,15,16). The summed E-state index contributed by atoms with van der Waals surface area (Å²) < 4.78 is 4.97. The minimum Gasteiger partial charge on any atom is -0.478 e. The van der Waals surface area contributed by atoms with Gasteiger partial charge in [0.1, 0.15) is 17.6 Å². The predicted molar refractivity (Wildman–Crippen MR) is 60.8 cm³/mol. The highest BCUT2D eigenvalue weighted by atomic mass is 16.4. The van der Waals surface area contributed by atoms with Gasteiger partial charge < -0.3 is 14.5 Å². The van der Waals surface area contributed by atoms with Crippen molar-refractivity contribution >= 4 is 17.0 Å². The Bertz CT molecular complexity index is 683. The van der Waals surface area contributed by atoms with Gasteiger partial charge in [0.25, 0.3) is 0 Å². The Morgan fingerprint density at radius 1 is 1.35 bits per heavy atom. The number of aromatic carboxylic acids is 1. The Hall–Kier alpha value is -2.56. The predicted octanol–water partition coefficient (Wildman–Crippen LogP) is 2.52. The van der Waals surface area contributed by atoms with Crippen molar-refractivity contribution in [1.29, 1.82) is 0 Å². The molecule has 0 spiro atoms. The lowest BCUT2D eigenvalue weighted by Gasteiger charge is -1.93. The zero-order valence-corrected chi connectivity index (χ0v) is 8.68. The molecule has 2 N–H and O–H groups in total. The summed E-state index contributed by atoms with van der Waals surface area (Å²) in [5, 5.41) is 9.05. The van der Waals surface area contributed by atoms with E-state index in [2.05, 4.69) is 9.97 Å². The van der Waals surface area contributed by atoms with Crippen molar-refractivity contribution in [2.45, 2.75) is 0 Å². The summed E-state index contributed by atoms with van der Waals surface area (Å²) in [5.74, 6) is -0.386. The van der Waals surface area contributed by atoms with Crippen molar-refractivity contribution in [1.82, 2.24) is 9.97 Å². The SMILES string of the molecule is O=C(O)c1cccc2[nH]c(-c3ccoc3)nc12. The molecule has 5 nitrogen and oxygen atoms in total. The number of carbonyl (C=O) groups is 1. The van der Waals surface area contributed by atoms with Crippen LogP contribution in [0.5, 0.6) is 0 Å². The fourth-order valence-electron chi connectivity index (χ4n) is 1.74. The number of H-pyrrole nitrogens is 1. The Morgan fingerprint density at radius 3 is 2.94 bits per heavy atom. The summed E-state index contributed by atoms with van der Waals surface area (Å²) in [4.78, 5) is 18.4. The molecule has 17 heavy (non-hydrogen) atoms. The van der Waals surface area contributed by atoms with E-state index < -0.39 is 5.97 Å². The maximum atomic E-state index is 11.0. The highest BCUT2D eigenvalue weighted by molar-refractivity contribution is 6.01. The van der Waals surface area contributed by atoms with E-state index >= 15 is 0 Å². The number of furan rings is 1. The van der Waals surface area contributed by atoms with E-state index in [9.17, 15) is 4.79 Å². The fourth-order valence-corrected chi connectivity index (χ4v) is 1.74. The Labute approximate surface area is 95.7 Å². The van der Waals surface area contributed by atoms with E-state index in [4.69, 9.17) is 9.52 Å². The smallest absolute Gasteiger partial charge is 0.337 e. The maximum Gasteiger partial charge on any atom is 0.337 e. The van der Waals surface area contributed by atoms with Crippen LogP contribution in [0.4, 0.5) is 0 Å². The molecule has 3 aromatic rings. The lowest BCUT2D eigenvalue weighted by atomic mass is 10.2.